The molecular weight excluding hydrogens is 352 g/mol. The summed E-state index contributed by atoms with van der Waals surface area (Å²) >= 11 is 0. The molecule has 1 aliphatic rings. The van der Waals surface area contributed by atoms with E-state index in [0.717, 1.165) is 29.7 Å². The lowest BCUT2D eigenvalue weighted by atomic mass is 9.83. The molecule has 8 nitrogen and oxygen atoms in total. The normalized spacial score (nSPS) is 19.0. The molecule has 2 atom stereocenters. The fourth-order valence-electron chi connectivity index (χ4n) is 3.00. The van der Waals surface area contributed by atoms with Gasteiger partial charge in [-0.25, -0.2) is 9.59 Å². The van der Waals surface area contributed by atoms with E-state index >= 15 is 0 Å². The minimum absolute atomic E-state index is 0.0219. The first kappa shape index (κ1) is 22.5. The summed E-state index contributed by atoms with van der Waals surface area (Å²) in [6, 6.07) is 3.53. The third kappa shape index (κ3) is 6.92. The Labute approximate surface area is 158 Å². The van der Waals surface area contributed by atoms with Gasteiger partial charge in [-0.05, 0) is 50.8 Å². The number of hydrogen-bond acceptors (Lipinski definition) is 6. The number of phenols is 1. The summed E-state index contributed by atoms with van der Waals surface area (Å²) in [5, 5.41) is 42.5. The zero-order valence-electron chi connectivity index (χ0n) is 16.0. The van der Waals surface area contributed by atoms with Crippen molar-refractivity contribution in [1.82, 2.24) is 5.32 Å². The highest BCUT2D eigenvalue weighted by atomic mass is 16.4. The van der Waals surface area contributed by atoms with E-state index in [2.05, 4.69) is 31.4 Å². The molecule has 0 saturated carbocycles. The maximum absolute atomic E-state index is 10.5. The standard InChI is InChI=1S/C15H24N2O2.C4H4O4/c1-15(2,3)17-11-7-5-9-10(14(11)19)6-8-12(18)13(9)16-4;5-3(6)1-2-4(7)8/h6,8,11,14,16-19H,5,7H2,1-4H3;1-2H,(H,5,6)(H,7,8)/t11-,14+;/m0./s1. The zero-order valence-corrected chi connectivity index (χ0v) is 16.0. The number of carboxylic acid groups (broad SMARTS) is 2. The molecule has 0 bridgehead atoms. The van der Waals surface area contributed by atoms with Gasteiger partial charge in [-0.2, -0.15) is 0 Å². The van der Waals surface area contributed by atoms with E-state index in [0.29, 0.717) is 12.2 Å². The van der Waals surface area contributed by atoms with E-state index < -0.39 is 18.0 Å². The van der Waals surface area contributed by atoms with E-state index in [1.165, 1.54) is 0 Å². The Morgan fingerprint density at radius 3 is 2.15 bits per heavy atom. The van der Waals surface area contributed by atoms with Crippen molar-refractivity contribution in [3.8, 4) is 5.75 Å². The number of aliphatic carboxylic acids is 2. The zero-order chi connectivity index (χ0) is 20.8. The molecule has 1 aromatic rings. The molecular formula is C19H28N2O6. The summed E-state index contributed by atoms with van der Waals surface area (Å²) in [4.78, 5) is 19.1. The molecule has 0 amide bonds. The van der Waals surface area contributed by atoms with Crippen molar-refractivity contribution in [2.75, 3.05) is 12.4 Å². The first-order chi connectivity index (χ1) is 12.5. The van der Waals surface area contributed by atoms with Crippen LogP contribution in [0.15, 0.2) is 24.3 Å². The molecule has 0 aliphatic heterocycles. The van der Waals surface area contributed by atoms with E-state index in [-0.39, 0.29) is 17.3 Å². The van der Waals surface area contributed by atoms with Gasteiger partial charge in [0.15, 0.2) is 0 Å². The van der Waals surface area contributed by atoms with Crippen LogP contribution in [0.5, 0.6) is 5.75 Å². The van der Waals surface area contributed by atoms with Gasteiger partial charge in [0.25, 0.3) is 0 Å². The summed E-state index contributed by atoms with van der Waals surface area (Å²) < 4.78 is 0. The summed E-state index contributed by atoms with van der Waals surface area (Å²) in [5.74, 6) is -2.27. The molecule has 8 heteroatoms. The van der Waals surface area contributed by atoms with Crippen molar-refractivity contribution < 1.29 is 30.0 Å². The predicted molar refractivity (Wildman–Crippen MR) is 102 cm³/mol. The maximum atomic E-state index is 10.5. The van der Waals surface area contributed by atoms with Crippen LogP contribution >= 0.6 is 0 Å². The number of phenolic OH excluding ortho intramolecular Hbond substituents is 1. The second-order valence-electron chi connectivity index (χ2n) is 7.27. The quantitative estimate of drug-likeness (QED) is 0.344. The van der Waals surface area contributed by atoms with Crippen LogP contribution in [0, 0.1) is 0 Å². The lowest BCUT2D eigenvalue weighted by molar-refractivity contribution is -0.134. The lowest BCUT2D eigenvalue weighted by Crippen LogP contribution is -2.48. The number of rotatable bonds is 4. The number of aliphatic hydroxyl groups excluding tert-OH is 1. The van der Waals surface area contributed by atoms with Gasteiger partial charge in [-0.15, -0.1) is 0 Å². The molecule has 150 valence electrons. The highest BCUT2D eigenvalue weighted by molar-refractivity contribution is 5.89. The smallest absolute Gasteiger partial charge is 0.328 e. The van der Waals surface area contributed by atoms with Crippen molar-refractivity contribution in [2.45, 2.75) is 51.3 Å². The minimum atomic E-state index is -1.26. The summed E-state index contributed by atoms with van der Waals surface area (Å²) in [5.41, 5.74) is 2.66. The van der Waals surface area contributed by atoms with Crippen molar-refractivity contribution in [3.05, 3.63) is 35.4 Å². The Morgan fingerprint density at radius 1 is 1.15 bits per heavy atom. The van der Waals surface area contributed by atoms with Crippen LogP contribution in [-0.2, 0) is 16.0 Å². The molecule has 1 aromatic carbocycles. The van der Waals surface area contributed by atoms with Gasteiger partial charge < -0.3 is 31.1 Å². The number of anilines is 1. The maximum Gasteiger partial charge on any atom is 0.328 e. The summed E-state index contributed by atoms with van der Waals surface area (Å²) in [7, 11) is 1.79. The van der Waals surface area contributed by atoms with Crippen LogP contribution in [0.2, 0.25) is 0 Å². The highest BCUT2D eigenvalue weighted by Gasteiger charge is 2.32. The average Bonchev–Trinajstić information content (AvgIpc) is 2.55. The van der Waals surface area contributed by atoms with Crippen LogP contribution in [0.3, 0.4) is 0 Å². The van der Waals surface area contributed by atoms with Gasteiger partial charge in [0.1, 0.15) is 5.75 Å². The molecule has 27 heavy (non-hydrogen) atoms. The van der Waals surface area contributed by atoms with Gasteiger partial charge >= 0.3 is 11.9 Å². The van der Waals surface area contributed by atoms with Crippen LogP contribution in [-0.4, -0.2) is 51.0 Å². The molecule has 0 spiro atoms. The Hall–Kier alpha value is -2.58. The van der Waals surface area contributed by atoms with E-state index in [4.69, 9.17) is 10.2 Å². The third-order valence-corrected chi connectivity index (χ3v) is 3.97. The molecule has 1 aliphatic carbocycles. The number of carboxylic acids is 2. The Balaban J connectivity index is 0.000000387. The van der Waals surface area contributed by atoms with Crippen molar-refractivity contribution >= 4 is 17.6 Å². The Morgan fingerprint density at radius 2 is 1.70 bits per heavy atom. The van der Waals surface area contributed by atoms with Crippen LogP contribution in [0.4, 0.5) is 5.69 Å². The van der Waals surface area contributed by atoms with Crippen LogP contribution < -0.4 is 10.6 Å². The largest absolute Gasteiger partial charge is 0.506 e. The molecule has 0 unspecified atom stereocenters. The van der Waals surface area contributed by atoms with E-state index in [9.17, 15) is 19.8 Å². The topological polar surface area (TPSA) is 139 Å². The number of aromatic hydroxyl groups is 1. The second kappa shape index (κ2) is 9.38. The van der Waals surface area contributed by atoms with Crippen LogP contribution in [0.25, 0.3) is 0 Å². The van der Waals surface area contributed by atoms with Gasteiger partial charge in [0, 0.05) is 30.8 Å². The van der Waals surface area contributed by atoms with Gasteiger partial charge in [-0.3, -0.25) is 0 Å². The minimum Gasteiger partial charge on any atom is -0.506 e. The van der Waals surface area contributed by atoms with E-state index in [1.54, 1.807) is 13.1 Å². The summed E-state index contributed by atoms with van der Waals surface area (Å²) in [6.07, 6.45) is 2.30. The highest BCUT2D eigenvalue weighted by Crippen LogP contribution is 2.39. The first-order valence-corrected chi connectivity index (χ1v) is 8.58. The number of aliphatic hydroxyl groups is 1. The molecule has 0 saturated heterocycles. The molecule has 6 N–H and O–H groups in total. The van der Waals surface area contributed by atoms with Gasteiger partial charge in [0.05, 0.1) is 11.8 Å². The number of hydrogen-bond donors (Lipinski definition) is 6. The number of carbonyl (C=O) groups is 2. The fourth-order valence-corrected chi connectivity index (χ4v) is 3.00. The predicted octanol–water partition coefficient (Wildman–Crippen LogP) is 1.88. The number of benzene rings is 1. The number of nitrogens with one attached hydrogen (secondary N) is 2. The molecule has 0 radical (unpaired) electrons. The van der Waals surface area contributed by atoms with Crippen molar-refractivity contribution in [2.24, 2.45) is 0 Å². The van der Waals surface area contributed by atoms with Gasteiger partial charge in [-0.1, -0.05) is 6.07 Å². The second-order valence-corrected chi connectivity index (χ2v) is 7.27. The van der Waals surface area contributed by atoms with Crippen molar-refractivity contribution in [1.29, 1.82) is 0 Å². The van der Waals surface area contributed by atoms with E-state index in [1.807, 2.05) is 6.07 Å². The SMILES string of the molecule is CNc1c(O)ccc2c1CC[C@H](NC(C)(C)C)[C@@H]2O.O=C(O)C=CC(=O)O. The monoisotopic (exact) mass is 380 g/mol. The fraction of sp³-hybridized carbons (Fsp3) is 0.474. The van der Waals surface area contributed by atoms with Gasteiger partial charge in [0.2, 0.25) is 0 Å². The van der Waals surface area contributed by atoms with Crippen molar-refractivity contribution in [3.63, 3.8) is 0 Å². The third-order valence-electron chi connectivity index (χ3n) is 3.97. The number of fused-ring (bicyclic) bond motifs is 1. The first-order valence-electron chi connectivity index (χ1n) is 8.58. The Kier molecular flexibility index (Phi) is 7.81. The molecule has 0 fully saturated rings. The Bertz CT molecular complexity index is 693. The molecule has 2 rings (SSSR count). The molecule has 0 heterocycles. The summed E-state index contributed by atoms with van der Waals surface area (Å²) in [6.45, 7) is 6.31. The average molecular weight is 380 g/mol. The van der Waals surface area contributed by atoms with Crippen LogP contribution in [0.1, 0.15) is 44.4 Å². The lowest BCUT2D eigenvalue weighted by Gasteiger charge is -2.36. The molecule has 0 aromatic heterocycles.